The Morgan fingerprint density at radius 3 is 2.82 bits per heavy atom. The Morgan fingerprint density at radius 1 is 1.36 bits per heavy atom. The van der Waals surface area contributed by atoms with Gasteiger partial charge in [0.05, 0.1) is 10.2 Å². The van der Waals surface area contributed by atoms with Gasteiger partial charge in [-0.05, 0) is 12.1 Å². The molecule has 2 nitrogen and oxygen atoms in total. The summed E-state index contributed by atoms with van der Waals surface area (Å²) in [5.41, 5.74) is 0.928. The van der Waals surface area contributed by atoms with Crippen molar-refractivity contribution >= 4 is 21.6 Å². The largest absolute Gasteiger partial charge is 1.00 e. The van der Waals surface area contributed by atoms with Crippen molar-refractivity contribution in [3.8, 4) is 0 Å². The molecule has 0 saturated heterocycles. The molecule has 0 aliphatic heterocycles. The summed E-state index contributed by atoms with van der Waals surface area (Å²) in [5, 5.41) is 0. The molecule has 11 heavy (non-hydrogen) atoms. The minimum atomic E-state index is 0. The van der Waals surface area contributed by atoms with Crippen molar-refractivity contribution < 1.29 is 31.0 Å². The van der Waals surface area contributed by atoms with Crippen LogP contribution in [-0.2, 0) is 0 Å². The van der Waals surface area contributed by atoms with Crippen LogP contribution in [0.4, 0.5) is 0 Å². The first-order valence-electron chi connectivity index (χ1n) is 2.94. The zero-order valence-corrected chi connectivity index (χ0v) is 8.94. The van der Waals surface area contributed by atoms with E-state index < -0.39 is 0 Å². The van der Waals surface area contributed by atoms with E-state index in [-0.39, 0.29) is 35.9 Å². The summed E-state index contributed by atoms with van der Waals surface area (Å²) in [6.45, 7) is 0. The summed E-state index contributed by atoms with van der Waals surface area (Å²) in [4.78, 5) is 13.5. The average molecular weight is 175 g/mol. The molecular formula is C7H6NNaOS. The van der Waals surface area contributed by atoms with Crippen LogP contribution in [0.3, 0.4) is 0 Å². The van der Waals surface area contributed by atoms with Crippen LogP contribution >= 0.6 is 11.3 Å². The molecule has 0 bridgehead atoms. The predicted molar refractivity (Wildman–Crippen MR) is 43.6 cm³/mol. The standard InChI is InChI=1S/C7H5NOS.Na.H/c9-7-8-5-3-1-2-4-6(5)10-7;;/h1-4H,(H,8,9);;/q;+1;-1. The smallest absolute Gasteiger partial charge is 1.00 e. The maximum absolute atomic E-state index is 10.8. The molecule has 4 heteroatoms. The molecule has 1 aromatic heterocycles. The van der Waals surface area contributed by atoms with E-state index in [0.29, 0.717) is 0 Å². The van der Waals surface area contributed by atoms with Crippen LogP contribution in [0.15, 0.2) is 29.1 Å². The van der Waals surface area contributed by atoms with Gasteiger partial charge >= 0.3 is 34.4 Å². The summed E-state index contributed by atoms with van der Waals surface area (Å²) in [6.07, 6.45) is 0. The van der Waals surface area contributed by atoms with E-state index in [0.717, 1.165) is 10.2 Å². The number of hydrogen-bond donors (Lipinski definition) is 1. The molecule has 0 spiro atoms. The van der Waals surface area contributed by atoms with Crippen LogP contribution in [0.5, 0.6) is 0 Å². The molecule has 0 unspecified atom stereocenters. The van der Waals surface area contributed by atoms with Gasteiger partial charge in [0.15, 0.2) is 0 Å². The number of para-hydroxylation sites is 1. The molecule has 1 N–H and O–H groups in total. The van der Waals surface area contributed by atoms with Gasteiger partial charge in [-0.15, -0.1) is 0 Å². The molecular weight excluding hydrogens is 169 g/mol. The van der Waals surface area contributed by atoms with E-state index in [1.54, 1.807) is 0 Å². The number of hydrogen-bond acceptors (Lipinski definition) is 2. The number of benzene rings is 1. The SMILES string of the molecule is O=c1[nH]c2ccccc2s1.[H-].[Na+]. The number of aromatic amines is 1. The zero-order chi connectivity index (χ0) is 6.97. The fourth-order valence-corrected chi connectivity index (χ4v) is 1.63. The van der Waals surface area contributed by atoms with E-state index >= 15 is 0 Å². The Bertz CT molecular complexity index is 375. The van der Waals surface area contributed by atoms with Crippen molar-refractivity contribution in [3.05, 3.63) is 33.9 Å². The topological polar surface area (TPSA) is 32.9 Å². The normalized spacial score (nSPS) is 9.45. The second-order valence-electron chi connectivity index (χ2n) is 2.01. The molecule has 1 heterocycles. The fraction of sp³-hybridized carbons (Fsp3) is 0. The van der Waals surface area contributed by atoms with Crippen molar-refractivity contribution in [2.45, 2.75) is 0 Å². The molecule has 0 radical (unpaired) electrons. The van der Waals surface area contributed by atoms with Gasteiger partial charge in [-0.3, -0.25) is 4.79 Å². The summed E-state index contributed by atoms with van der Waals surface area (Å²) in [6, 6.07) is 7.65. The van der Waals surface area contributed by atoms with Gasteiger partial charge < -0.3 is 6.41 Å². The molecule has 0 fully saturated rings. The molecule has 0 atom stereocenters. The van der Waals surface area contributed by atoms with E-state index in [2.05, 4.69) is 4.98 Å². The zero-order valence-electron chi connectivity index (χ0n) is 7.13. The maximum Gasteiger partial charge on any atom is 1.00 e. The van der Waals surface area contributed by atoms with Gasteiger partial charge in [-0.25, -0.2) is 0 Å². The van der Waals surface area contributed by atoms with Crippen LogP contribution in [0, 0.1) is 0 Å². The summed E-state index contributed by atoms with van der Waals surface area (Å²) in [7, 11) is 0. The number of fused-ring (bicyclic) bond motifs is 1. The second kappa shape index (κ2) is 3.54. The molecule has 2 aromatic rings. The first kappa shape index (κ1) is 9.00. The molecule has 1 aromatic carbocycles. The van der Waals surface area contributed by atoms with Crippen LogP contribution < -0.4 is 34.4 Å². The fourth-order valence-electron chi connectivity index (χ4n) is 0.894. The van der Waals surface area contributed by atoms with E-state index in [1.165, 1.54) is 11.3 Å². The number of aromatic nitrogens is 1. The first-order chi connectivity index (χ1) is 4.86. The molecule has 2 rings (SSSR count). The van der Waals surface area contributed by atoms with Crippen LogP contribution in [-0.4, -0.2) is 4.98 Å². The number of H-pyrrole nitrogens is 1. The van der Waals surface area contributed by atoms with Crippen molar-refractivity contribution in [2.75, 3.05) is 0 Å². The van der Waals surface area contributed by atoms with Gasteiger partial charge in [0.2, 0.25) is 0 Å². The van der Waals surface area contributed by atoms with Gasteiger partial charge in [-0.1, -0.05) is 23.5 Å². The molecule has 0 saturated carbocycles. The maximum atomic E-state index is 10.8. The van der Waals surface area contributed by atoms with Gasteiger partial charge in [0, 0.05) is 0 Å². The third-order valence-electron chi connectivity index (χ3n) is 1.33. The first-order valence-corrected chi connectivity index (χ1v) is 3.76. The van der Waals surface area contributed by atoms with E-state index in [1.807, 2.05) is 24.3 Å². The van der Waals surface area contributed by atoms with Crippen LogP contribution in [0.25, 0.3) is 10.2 Å². The predicted octanol–water partition coefficient (Wildman–Crippen LogP) is -1.29. The quantitative estimate of drug-likeness (QED) is 0.496. The van der Waals surface area contributed by atoms with Gasteiger partial charge in [0.1, 0.15) is 0 Å². The third kappa shape index (κ3) is 1.73. The molecule has 0 aliphatic carbocycles. The van der Waals surface area contributed by atoms with Gasteiger partial charge in [0.25, 0.3) is 0 Å². The number of thiazole rings is 1. The Hall–Kier alpha value is -0.0900. The minimum Gasteiger partial charge on any atom is -1.00 e. The average Bonchev–Trinajstić information content (AvgIpc) is 2.27. The van der Waals surface area contributed by atoms with Crippen LogP contribution in [0.1, 0.15) is 1.43 Å². The molecule has 0 amide bonds. The van der Waals surface area contributed by atoms with Crippen molar-refractivity contribution in [1.29, 1.82) is 0 Å². The monoisotopic (exact) mass is 175 g/mol. The Morgan fingerprint density at radius 2 is 2.09 bits per heavy atom. The summed E-state index contributed by atoms with van der Waals surface area (Å²) >= 11 is 1.24. The minimum absolute atomic E-state index is 0. The Labute approximate surface area is 91.0 Å². The Kier molecular flexibility index (Phi) is 2.90. The molecule has 0 aliphatic rings. The summed E-state index contributed by atoms with van der Waals surface area (Å²) < 4.78 is 1.02. The van der Waals surface area contributed by atoms with E-state index in [9.17, 15) is 4.79 Å². The third-order valence-corrected chi connectivity index (χ3v) is 2.19. The number of nitrogens with one attached hydrogen (secondary N) is 1. The Balaban J connectivity index is 0.000000605. The van der Waals surface area contributed by atoms with Gasteiger partial charge in [-0.2, -0.15) is 0 Å². The molecule has 52 valence electrons. The van der Waals surface area contributed by atoms with Crippen molar-refractivity contribution in [3.63, 3.8) is 0 Å². The van der Waals surface area contributed by atoms with Crippen molar-refractivity contribution in [1.82, 2.24) is 4.98 Å². The number of rotatable bonds is 0. The second-order valence-corrected chi connectivity index (χ2v) is 3.03. The van der Waals surface area contributed by atoms with E-state index in [4.69, 9.17) is 0 Å². The van der Waals surface area contributed by atoms with Crippen molar-refractivity contribution in [2.24, 2.45) is 0 Å². The summed E-state index contributed by atoms with van der Waals surface area (Å²) in [5.74, 6) is 0. The van der Waals surface area contributed by atoms with Crippen LogP contribution in [0.2, 0.25) is 0 Å².